The molecule has 28 heavy (non-hydrogen) atoms. The van der Waals surface area contributed by atoms with Gasteiger partial charge < -0.3 is 5.11 Å². The van der Waals surface area contributed by atoms with Crippen molar-refractivity contribution < 1.29 is 18.3 Å². The van der Waals surface area contributed by atoms with Gasteiger partial charge in [-0.2, -0.15) is 0 Å². The monoisotopic (exact) mass is 395 g/mol. The Kier molecular flexibility index (Phi) is 5.92. The maximum atomic E-state index is 12.6. The van der Waals surface area contributed by atoms with Crippen LogP contribution < -0.4 is 4.72 Å². The van der Waals surface area contributed by atoms with Crippen molar-refractivity contribution in [2.45, 2.75) is 24.3 Å². The first-order valence-corrected chi connectivity index (χ1v) is 10.3. The van der Waals surface area contributed by atoms with Gasteiger partial charge in [-0.15, -0.1) is 0 Å². The predicted molar refractivity (Wildman–Crippen MR) is 109 cm³/mol. The summed E-state index contributed by atoms with van der Waals surface area (Å²) in [7, 11) is -3.62. The molecule has 0 unspecified atom stereocenters. The van der Waals surface area contributed by atoms with E-state index < -0.39 is 16.0 Å². The molecule has 0 spiro atoms. The van der Waals surface area contributed by atoms with Gasteiger partial charge in [0, 0.05) is 6.04 Å². The zero-order valence-corrected chi connectivity index (χ0v) is 16.2. The van der Waals surface area contributed by atoms with E-state index in [4.69, 9.17) is 5.11 Å². The van der Waals surface area contributed by atoms with Gasteiger partial charge in [-0.25, -0.2) is 17.9 Å². The molecule has 1 atom stereocenters. The fourth-order valence-corrected chi connectivity index (χ4v) is 4.22. The first-order chi connectivity index (χ1) is 13.3. The lowest BCUT2D eigenvalue weighted by atomic mass is 10.0. The third-order valence-corrected chi connectivity index (χ3v) is 5.98. The van der Waals surface area contributed by atoms with Crippen molar-refractivity contribution in [1.82, 2.24) is 4.72 Å². The lowest BCUT2D eigenvalue weighted by molar-refractivity contribution is 0.0697. The fourth-order valence-electron chi connectivity index (χ4n) is 2.97. The van der Waals surface area contributed by atoms with Gasteiger partial charge in [0.25, 0.3) is 0 Å². The number of carboxylic acid groups (broad SMARTS) is 1. The van der Waals surface area contributed by atoms with Crippen LogP contribution in [0.4, 0.5) is 0 Å². The Bertz CT molecular complexity index is 1040. The Labute approximate surface area is 164 Å². The summed E-state index contributed by atoms with van der Waals surface area (Å²) < 4.78 is 28.0. The summed E-state index contributed by atoms with van der Waals surface area (Å²) in [4.78, 5) is 11.1. The minimum Gasteiger partial charge on any atom is -0.478 e. The molecule has 3 rings (SSSR count). The molecule has 0 aliphatic heterocycles. The smallest absolute Gasteiger partial charge is 0.335 e. The van der Waals surface area contributed by atoms with Gasteiger partial charge in [-0.1, -0.05) is 54.6 Å². The molecular weight excluding hydrogens is 374 g/mol. The number of sulfonamides is 1. The average molecular weight is 395 g/mol. The van der Waals surface area contributed by atoms with E-state index in [9.17, 15) is 13.2 Å². The highest BCUT2D eigenvalue weighted by Crippen LogP contribution is 2.22. The largest absolute Gasteiger partial charge is 0.478 e. The topological polar surface area (TPSA) is 83.5 Å². The fraction of sp³-hybridized carbons (Fsp3) is 0.136. The molecule has 5 nitrogen and oxygen atoms in total. The van der Waals surface area contributed by atoms with Crippen LogP contribution in [0.5, 0.6) is 0 Å². The normalized spacial score (nSPS) is 12.5. The Morgan fingerprint density at radius 3 is 1.96 bits per heavy atom. The van der Waals surface area contributed by atoms with Gasteiger partial charge in [-0.05, 0) is 54.3 Å². The highest BCUT2D eigenvalue weighted by molar-refractivity contribution is 7.89. The van der Waals surface area contributed by atoms with Crippen molar-refractivity contribution >= 4 is 16.0 Å². The van der Waals surface area contributed by atoms with Crippen LogP contribution in [-0.4, -0.2) is 25.5 Å². The quantitative estimate of drug-likeness (QED) is 0.634. The highest BCUT2D eigenvalue weighted by Gasteiger charge is 2.17. The lowest BCUT2D eigenvalue weighted by Gasteiger charge is -2.14. The Balaban J connectivity index is 1.71. The van der Waals surface area contributed by atoms with E-state index in [2.05, 4.69) is 4.72 Å². The molecule has 0 heterocycles. The number of carboxylic acids is 1. The minimum atomic E-state index is -3.62. The van der Waals surface area contributed by atoms with E-state index in [1.165, 1.54) is 12.1 Å². The number of benzene rings is 3. The Morgan fingerprint density at radius 2 is 1.43 bits per heavy atom. The number of rotatable bonds is 7. The van der Waals surface area contributed by atoms with Crippen LogP contribution in [0.1, 0.15) is 22.8 Å². The van der Waals surface area contributed by atoms with E-state index in [1.807, 2.05) is 37.3 Å². The van der Waals surface area contributed by atoms with Gasteiger partial charge >= 0.3 is 5.97 Å². The molecule has 0 amide bonds. The maximum Gasteiger partial charge on any atom is 0.335 e. The van der Waals surface area contributed by atoms with Crippen LogP contribution in [0.25, 0.3) is 11.1 Å². The van der Waals surface area contributed by atoms with E-state index in [-0.39, 0.29) is 16.5 Å². The zero-order valence-electron chi connectivity index (χ0n) is 15.4. The number of aromatic carboxylic acids is 1. The molecule has 0 radical (unpaired) electrons. The number of carbonyl (C=O) groups is 1. The van der Waals surface area contributed by atoms with Crippen molar-refractivity contribution in [3.8, 4) is 11.1 Å². The molecular formula is C22H21NO4S. The predicted octanol–water partition coefficient (Wildman–Crippen LogP) is 3.96. The van der Waals surface area contributed by atoms with Crippen LogP contribution >= 0.6 is 0 Å². The van der Waals surface area contributed by atoms with Gasteiger partial charge in [-0.3, -0.25) is 0 Å². The van der Waals surface area contributed by atoms with Gasteiger partial charge in [0.05, 0.1) is 10.5 Å². The van der Waals surface area contributed by atoms with Crippen LogP contribution in [0, 0.1) is 0 Å². The first-order valence-electron chi connectivity index (χ1n) is 8.85. The molecule has 0 bridgehead atoms. The molecule has 3 aromatic rings. The first kappa shape index (κ1) is 19.8. The molecule has 0 saturated heterocycles. The second-order valence-corrected chi connectivity index (χ2v) is 8.33. The maximum absolute atomic E-state index is 12.6. The third-order valence-electron chi connectivity index (χ3n) is 4.37. The van der Waals surface area contributed by atoms with E-state index in [1.54, 1.807) is 36.4 Å². The van der Waals surface area contributed by atoms with Crippen molar-refractivity contribution in [2.75, 3.05) is 0 Å². The van der Waals surface area contributed by atoms with Crippen molar-refractivity contribution in [2.24, 2.45) is 0 Å². The van der Waals surface area contributed by atoms with Crippen LogP contribution in [0.2, 0.25) is 0 Å². The molecule has 0 fully saturated rings. The van der Waals surface area contributed by atoms with Crippen LogP contribution in [0.3, 0.4) is 0 Å². The van der Waals surface area contributed by atoms with Crippen molar-refractivity contribution in [1.29, 1.82) is 0 Å². The molecule has 3 aromatic carbocycles. The molecule has 144 valence electrons. The minimum absolute atomic E-state index is 0.193. The van der Waals surface area contributed by atoms with Gasteiger partial charge in [0.1, 0.15) is 0 Å². The van der Waals surface area contributed by atoms with Crippen LogP contribution in [0.15, 0.2) is 83.8 Å². The zero-order chi connectivity index (χ0) is 20.1. The summed E-state index contributed by atoms with van der Waals surface area (Å²) in [6, 6.07) is 22.5. The summed E-state index contributed by atoms with van der Waals surface area (Å²) in [6.07, 6.45) is 0.605. The Morgan fingerprint density at radius 1 is 0.893 bits per heavy atom. The van der Waals surface area contributed by atoms with Crippen molar-refractivity contribution in [3.05, 3.63) is 90.0 Å². The van der Waals surface area contributed by atoms with Gasteiger partial charge in [0.2, 0.25) is 10.0 Å². The Hall–Kier alpha value is -2.96. The molecule has 0 saturated carbocycles. The summed E-state index contributed by atoms with van der Waals surface area (Å²) in [5.74, 6) is -0.983. The molecule has 0 aliphatic rings. The van der Waals surface area contributed by atoms with E-state index >= 15 is 0 Å². The lowest BCUT2D eigenvalue weighted by Crippen LogP contribution is -2.34. The number of nitrogens with one attached hydrogen (secondary N) is 1. The number of hydrogen-bond acceptors (Lipinski definition) is 3. The summed E-state index contributed by atoms with van der Waals surface area (Å²) in [5, 5.41) is 8.96. The van der Waals surface area contributed by atoms with Crippen molar-refractivity contribution in [3.63, 3.8) is 0 Å². The molecule has 2 N–H and O–H groups in total. The average Bonchev–Trinajstić information content (AvgIpc) is 2.68. The summed E-state index contributed by atoms with van der Waals surface area (Å²) in [5.41, 5.74) is 2.91. The second kappa shape index (κ2) is 8.37. The second-order valence-electron chi connectivity index (χ2n) is 6.62. The number of hydrogen-bond donors (Lipinski definition) is 2. The molecule has 0 aromatic heterocycles. The summed E-state index contributed by atoms with van der Waals surface area (Å²) >= 11 is 0. The highest BCUT2D eigenvalue weighted by atomic mass is 32.2. The standard InChI is InChI=1S/C22H21NO4S/c1-16(15-17-5-3-2-4-6-17)23-28(26,27)21-13-11-19(12-14-21)18-7-9-20(10-8-18)22(24)25/h2-14,16,23H,15H2,1H3,(H,24,25)/t16-/m0/s1. The summed E-state index contributed by atoms with van der Waals surface area (Å²) in [6.45, 7) is 1.84. The van der Waals surface area contributed by atoms with Gasteiger partial charge in [0.15, 0.2) is 0 Å². The van der Waals surface area contributed by atoms with E-state index in [0.29, 0.717) is 6.42 Å². The SMILES string of the molecule is C[C@@H](Cc1ccccc1)NS(=O)(=O)c1ccc(-c2ccc(C(=O)O)cc2)cc1. The molecule has 0 aliphatic carbocycles. The molecule has 6 heteroatoms. The third kappa shape index (κ3) is 4.85. The van der Waals surface area contributed by atoms with E-state index in [0.717, 1.165) is 16.7 Å². The van der Waals surface area contributed by atoms with Crippen LogP contribution in [-0.2, 0) is 16.4 Å².